The SMILES string of the molecule is CCCOC(=O)OCCCOP(=O)(NC(=N)[As](C)C(C(=O)O)C1CCCCC1)OCCCOC(=O)OCCC. The summed E-state index contributed by atoms with van der Waals surface area (Å²) in [6, 6.07) is 0. The molecule has 2 unspecified atom stereocenters. The molecule has 0 saturated heterocycles. The molecule has 0 radical (unpaired) electrons. The molecule has 1 aliphatic carbocycles. The van der Waals surface area contributed by atoms with Crippen LogP contribution in [0.5, 0.6) is 0 Å². The van der Waals surface area contributed by atoms with Gasteiger partial charge >= 0.3 is 222 Å². The minimum atomic E-state index is -4.08. The molecular formula is C24H44AsN2O11P. The van der Waals surface area contributed by atoms with Crippen LogP contribution in [0.15, 0.2) is 0 Å². The zero-order valence-electron chi connectivity index (χ0n) is 23.2. The summed E-state index contributed by atoms with van der Waals surface area (Å²) in [5, 5.41) is 21.0. The van der Waals surface area contributed by atoms with E-state index in [9.17, 15) is 24.1 Å². The molecule has 1 saturated carbocycles. The molecule has 0 amide bonds. The molecular weight excluding hydrogens is 598 g/mol. The van der Waals surface area contributed by atoms with Gasteiger partial charge < -0.3 is 0 Å². The van der Waals surface area contributed by atoms with Crippen LogP contribution in [0.3, 0.4) is 0 Å². The molecule has 3 N–H and O–H groups in total. The van der Waals surface area contributed by atoms with Crippen LogP contribution in [0, 0.1) is 11.3 Å². The number of ether oxygens (including phenoxy) is 4. The molecule has 13 nitrogen and oxygen atoms in total. The molecule has 0 aromatic heterocycles. The zero-order valence-corrected chi connectivity index (χ0v) is 26.0. The fourth-order valence-electron chi connectivity index (χ4n) is 3.84. The van der Waals surface area contributed by atoms with E-state index in [4.69, 9.17) is 33.4 Å². The maximum absolute atomic E-state index is 13.5. The number of rotatable bonds is 19. The standard InChI is InChI=1S/C24H44AsN2O11P/c1-4-13-33-23(30)35-15-9-17-37-39(32,38-18-10-16-36-24(31)34-14-5-2)27-22(26)25(3)20(21(28)29)19-11-7-6-8-12-19/h19-20H,4-18H2,1-3H3,(H,28,29)(H2,26,27,32). The number of nitrogens with one attached hydrogen (secondary N) is 2. The first kappa shape index (κ1) is 35.2. The van der Waals surface area contributed by atoms with Crippen LogP contribution in [0.2, 0.25) is 10.4 Å². The normalized spacial score (nSPS) is 15.6. The Morgan fingerprint density at radius 1 is 0.872 bits per heavy atom. The van der Waals surface area contributed by atoms with Crippen molar-refractivity contribution < 1.29 is 52.1 Å². The van der Waals surface area contributed by atoms with Gasteiger partial charge in [0.05, 0.1) is 0 Å². The zero-order chi connectivity index (χ0) is 29.1. The first-order valence-electron chi connectivity index (χ1n) is 13.4. The summed E-state index contributed by atoms with van der Waals surface area (Å²) < 4.78 is 43.1. The van der Waals surface area contributed by atoms with Crippen LogP contribution in [0.4, 0.5) is 9.59 Å². The second-order valence-corrected chi connectivity index (χ2v) is 15.4. The van der Waals surface area contributed by atoms with Crippen LogP contribution in [-0.2, 0) is 37.4 Å². The maximum atomic E-state index is 13.5. The third-order valence-corrected chi connectivity index (χ3v) is 12.5. The van der Waals surface area contributed by atoms with E-state index < -0.39 is 45.4 Å². The Morgan fingerprint density at radius 2 is 1.33 bits per heavy atom. The van der Waals surface area contributed by atoms with Crippen molar-refractivity contribution in [3.8, 4) is 0 Å². The average molecular weight is 643 g/mol. The van der Waals surface area contributed by atoms with E-state index in [0.29, 0.717) is 12.8 Å². The fraction of sp³-hybridized carbons (Fsp3) is 0.833. The first-order valence-corrected chi connectivity index (χ1v) is 18.9. The number of carbonyl (C=O) groups is 3. The third kappa shape index (κ3) is 15.0. The molecule has 0 aliphatic heterocycles. The van der Waals surface area contributed by atoms with Gasteiger partial charge in [0.15, 0.2) is 0 Å². The Kier molecular flexibility index (Phi) is 18.2. The quantitative estimate of drug-likeness (QED) is 0.0414. The van der Waals surface area contributed by atoms with Gasteiger partial charge in [-0.05, 0) is 0 Å². The van der Waals surface area contributed by atoms with E-state index in [2.05, 4.69) is 5.09 Å². The van der Waals surface area contributed by atoms with Gasteiger partial charge in [-0.3, -0.25) is 0 Å². The molecule has 0 aromatic rings. The number of amidine groups is 1. The molecule has 0 heterocycles. The second kappa shape index (κ2) is 20.1. The van der Waals surface area contributed by atoms with Gasteiger partial charge in [-0.1, -0.05) is 13.8 Å². The van der Waals surface area contributed by atoms with E-state index in [-0.39, 0.29) is 63.0 Å². The van der Waals surface area contributed by atoms with Gasteiger partial charge in [-0.2, -0.15) is 0 Å². The second-order valence-electron chi connectivity index (χ2n) is 9.02. The van der Waals surface area contributed by atoms with Gasteiger partial charge in [0, 0.05) is 0 Å². The summed E-state index contributed by atoms with van der Waals surface area (Å²) in [4.78, 5) is 35.0. The molecule has 0 aromatic carbocycles. The molecule has 2 atom stereocenters. The molecule has 1 rings (SSSR count). The van der Waals surface area contributed by atoms with Gasteiger partial charge in [0.1, 0.15) is 0 Å². The van der Waals surface area contributed by atoms with E-state index in [1.807, 2.05) is 13.8 Å². The summed E-state index contributed by atoms with van der Waals surface area (Å²) in [6.45, 7) is 3.86. The summed E-state index contributed by atoms with van der Waals surface area (Å²) >= 11 is -2.50. The minimum Gasteiger partial charge on any atom is -0.0621 e. The Hall–Kier alpha value is -1.81. The number of hydrogen-bond acceptors (Lipinski definition) is 11. The Morgan fingerprint density at radius 3 is 1.77 bits per heavy atom. The Balaban J connectivity index is 2.71. The van der Waals surface area contributed by atoms with Crippen LogP contribution >= 0.6 is 7.75 Å². The number of carboxylic acid groups (broad SMARTS) is 1. The fourth-order valence-corrected chi connectivity index (χ4v) is 10.2. The van der Waals surface area contributed by atoms with Gasteiger partial charge in [-0.25, -0.2) is 0 Å². The first-order chi connectivity index (χ1) is 18.6. The third-order valence-electron chi connectivity index (χ3n) is 5.75. The van der Waals surface area contributed by atoms with Crippen LogP contribution in [-0.4, -0.2) is 82.3 Å². The van der Waals surface area contributed by atoms with Gasteiger partial charge in [-0.15, -0.1) is 0 Å². The Bertz CT molecular complexity index is 777. The molecule has 39 heavy (non-hydrogen) atoms. The van der Waals surface area contributed by atoms with Crippen LogP contribution < -0.4 is 5.09 Å². The minimum absolute atomic E-state index is 0.0150. The Labute approximate surface area is 235 Å². The summed E-state index contributed by atoms with van der Waals surface area (Å²) in [6.07, 6.45) is 4.67. The average Bonchev–Trinajstić information content (AvgIpc) is 2.90. The van der Waals surface area contributed by atoms with Crippen LogP contribution in [0.1, 0.15) is 71.6 Å². The van der Waals surface area contributed by atoms with E-state index >= 15 is 0 Å². The van der Waals surface area contributed by atoms with Crippen molar-refractivity contribution in [2.24, 2.45) is 5.92 Å². The smallest absolute Gasteiger partial charge is 0.0621 e. The molecule has 1 aliphatic rings. The molecule has 0 spiro atoms. The van der Waals surface area contributed by atoms with Crippen molar-refractivity contribution in [3.63, 3.8) is 0 Å². The topological polar surface area (TPSA) is 180 Å². The number of carbonyl (C=O) groups excluding carboxylic acids is 2. The predicted octanol–water partition coefficient (Wildman–Crippen LogP) is 5.30. The van der Waals surface area contributed by atoms with Gasteiger partial charge in [0.25, 0.3) is 0 Å². The number of hydrogen-bond donors (Lipinski definition) is 3. The summed E-state index contributed by atoms with van der Waals surface area (Å²) in [5.74, 6) is -0.953. The van der Waals surface area contributed by atoms with E-state index in [0.717, 1.165) is 32.1 Å². The summed E-state index contributed by atoms with van der Waals surface area (Å²) in [5.41, 5.74) is 1.76. The molecule has 226 valence electrons. The molecule has 1 fully saturated rings. The van der Waals surface area contributed by atoms with Gasteiger partial charge in [0.2, 0.25) is 0 Å². The summed E-state index contributed by atoms with van der Waals surface area (Å²) in [7, 11) is -4.08. The number of carboxylic acids is 1. The predicted molar refractivity (Wildman–Crippen MR) is 144 cm³/mol. The molecule has 15 heteroatoms. The van der Waals surface area contributed by atoms with Crippen molar-refractivity contribution in [2.75, 3.05) is 39.6 Å². The van der Waals surface area contributed by atoms with Crippen molar-refractivity contribution in [1.82, 2.24) is 5.09 Å². The van der Waals surface area contributed by atoms with E-state index in [1.165, 1.54) is 0 Å². The monoisotopic (exact) mass is 642 g/mol. The number of aliphatic carboxylic acids is 1. The van der Waals surface area contributed by atoms with Crippen LogP contribution in [0.25, 0.3) is 0 Å². The van der Waals surface area contributed by atoms with Crippen molar-refractivity contribution >= 4 is 45.3 Å². The van der Waals surface area contributed by atoms with Crippen molar-refractivity contribution in [3.05, 3.63) is 0 Å². The van der Waals surface area contributed by atoms with Crippen molar-refractivity contribution in [1.29, 1.82) is 5.41 Å². The molecule has 0 bridgehead atoms. The van der Waals surface area contributed by atoms with E-state index in [1.54, 1.807) is 5.71 Å². The van der Waals surface area contributed by atoms with Crippen molar-refractivity contribution in [2.45, 2.75) is 82.1 Å².